The predicted octanol–water partition coefficient (Wildman–Crippen LogP) is 3.45. The number of aliphatic carboxylic acids is 1. The lowest BCUT2D eigenvalue weighted by molar-refractivity contribution is -0.138. The fourth-order valence-corrected chi connectivity index (χ4v) is 3.74. The van der Waals surface area contributed by atoms with Crippen molar-refractivity contribution in [2.75, 3.05) is 13.1 Å². The molecule has 9 heteroatoms. The van der Waals surface area contributed by atoms with Gasteiger partial charge in [-0.1, -0.05) is 12.1 Å². The van der Waals surface area contributed by atoms with Crippen LogP contribution in [0.3, 0.4) is 0 Å². The molecule has 31 heavy (non-hydrogen) atoms. The zero-order valence-electron chi connectivity index (χ0n) is 16.8. The van der Waals surface area contributed by atoms with E-state index in [1.165, 1.54) is 0 Å². The third-order valence-electron chi connectivity index (χ3n) is 5.31. The minimum absolute atomic E-state index is 0. The number of rotatable bonds is 7. The number of fused-ring (bicyclic) bond motifs is 1. The summed E-state index contributed by atoms with van der Waals surface area (Å²) in [6.45, 7) is 1.80. The second kappa shape index (κ2) is 10.5. The Hall–Kier alpha value is -2.74. The van der Waals surface area contributed by atoms with E-state index in [2.05, 4.69) is 10.3 Å². The summed E-state index contributed by atoms with van der Waals surface area (Å²) in [5, 5.41) is 21.5. The zero-order chi connectivity index (χ0) is 20.4. The van der Waals surface area contributed by atoms with E-state index in [4.69, 9.17) is 15.9 Å². The largest absolute Gasteiger partial charge is 0.489 e. The van der Waals surface area contributed by atoms with Crippen molar-refractivity contribution in [2.45, 2.75) is 24.9 Å². The monoisotopic (exact) mass is 464 g/mol. The van der Waals surface area contributed by atoms with Crippen LogP contribution >= 0.6 is 24.8 Å². The van der Waals surface area contributed by atoms with Crippen LogP contribution in [0.1, 0.15) is 29.2 Å². The van der Waals surface area contributed by atoms with Crippen LogP contribution < -0.4 is 15.8 Å². The van der Waals surface area contributed by atoms with Crippen molar-refractivity contribution in [3.63, 3.8) is 0 Å². The van der Waals surface area contributed by atoms with Gasteiger partial charge in [-0.15, -0.1) is 24.8 Å². The minimum Gasteiger partial charge on any atom is -0.489 e. The highest BCUT2D eigenvalue weighted by molar-refractivity contribution is 5.98. The van der Waals surface area contributed by atoms with Crippen LogP contribution in [0, 0.1) is 5.41 Å². The Balaban J connectivity index is 0.00000171. The van der Waals surface area contributed by atoms with Crippen LogP contribution in [-0.4, -0.2) is 41.1 Å². The van der Waals surface area contributed by atoms with Gasteiger partial charge in [0.25, 0.3) is 0 Å². The number of nitrogens with one attached hydrogen (secondary N) is 3. The summed E-state index contributed by atoms with van der Waals surface area (Å²) in [7, 11) is 0. The van der Waals surface area contributed by atoms with E-state index in [0.717, 1.165) is 47.4 Å². The van der Waals surface area contributed by atoms with Crippen LogP contribution in [0.2, 0.25) is 0 Å². The van der Waals surface area contributed by atoms with Gasteiger partial charge in [-0.25, -0.2) is 0 Å². The van der Waals surface area contributed by atoms with Gasteiger partial charge in [-0.2, -0.15) is 0 Å². The van der Waals surface area contributed by atoms with E-state index in [-0.39, 0.29) is 36.8 Å². The Labute approximate surface area is 192 Å². The molecule has 6 N–H and O–H groups in total. The number of halogens is 2. The number of carbonyl (C=O) groups is 1. The molecule has 4 rings (SSSR count). The van der Waals surface area contributed by atoms with Gasteiger partial charge in [-0.05, 0) is 54.9 Å². The van der Waals surface area contributed by atoms with E-state index in [9.17, 15) is 9.90 Å². The van der Waals surface area contributed by atoms with Gasteiger partial charge in [0, 0.05) is 35.1 Å². The molecule has 0 radical (unpaired) electrons. The molecule has 1 fully saturated rings. The highest BCUT2D eigenvalue weighted by atomic mass is 35.5. The lowest BCUT2D eigenvalue weighted by Crippen LogP contribution is -2.19. The molecule has 0 bridgehead atoms. The average molecular weight is 465 g/mol. The van der Waals surface area contributed by atoms with Crippen molar-refractivity contribution < 1.29 is 14.6 Å². The molecule has 166 valence electrons. The predicted molar refractivity (Wildman–Crippen MR) is 126 cm³/mol. The molecular formula is C22H26Cl2N4O3. The van der Waals surface area contributed by atoms with Gasteiger partial charge < -0.3 is 25.9 Å². The number of aromatic amines is 1. The van der Waals surface area contributed by atoms with Crippen LogP contribution in [0.15, 0.2) is 48.5 Å². The number of nitrogens with two attached hydrogens (primary N) is 1. The second-order valence-corrected chi connectivity index (χ2v) is 7.41. The van der Waals surface area contributed by atoms with Crippen molar-refractivity contribution in [1.82, 2.24) is 10.3 Å². The molecule has 1 saturated heterocycles. The van der Waals surface area contributed by atoms with Crippen LogP contribution in [0.25, 0.3) is 10.9 Å². The van der Waals surface area contributed by atoms with Gasteiger partial charge in [0.1, 0.15) is 17.7 Å². The first-order valence-electron chi connectivity index (χ1n) is 9.66. The molecular weight excluding hydrogens is 439 g/mol. The SMILES string of the molecule is Cl.Cl.N=C(N)c1ccc2[nH]c(CC(C(=O)O)c3ccc(O[C@H]4CCNC4)cc3)cc2c1. The molecule has 1 aliphatic rings. The van der Waals surface area contributed by atoms with E-state index >= 15 is 0 Å². The Kier molecular flexibility index (Phi) is 8.33. The molecule has 0 aliphatic carbocycles. The standard InChI is InChI=1S/C22H24N4O3.2ClH/c23-21(24)14-3-6-20-15(9-14)10-16(26-20)11-19(22(27)28)13-1-4-17(5-2-13)29-18-7-8-25-12-18;;/h1-6,9-10,18-19,25-26H,7-8,11-12H2,(H3,23,24)(H,27,28);2*1H/t18-,19?;;/m0../s1. The molecule has 0 saturated carbocycles. The normalized spacial score (nSPS) is 16.2. The lowest BCUT2D eigenvalue weighted by Gasteiger charge is -2.15. The highest BCUT2D eigenvalue weighted by Gasteiger charge is 2.22. The molecule has 2 atom stereocenters. The Bertz CT molecular complexity index is 1050. The number of aromatic nitrogens is 1. The molecule has 1 aliphatic heterocycles. The van der Waals surface area contributed by atoms with E-state index < -0.39 is 11.9 Å². The molecule has 0 amide bonds. The third kappa shape index (κ3) is 5.70. The first-order chi connectivity index (χ1) is 14.0. The highest BCUT2D eigenvalue weighted by Crippen LogP contribution is 2.26. The number of benzene rings is 2. The number of ether oxygens (including phenoxy) is 1. The van der Waals surface area contributed by atoms with Gasteiger partial charge in [-0.3, -0.25) is 10.2 Å². The Morgan fingerprint density at radius 1 is 1.19 bits per heavy atom. The van der Waals surface area contributed by atoms with Crippen LogP contribution in [0.4, 0.5) is 0 Å². The average Bonchev–Trinajstić information content (AvgIpc) is 3.35. The number of nitrogen functional groups attached to an aromatic ring is 1. The Morgan fingerprint density at radius 2 is 1.94 bits per heavy atom. The van der Waals surface area contributed by atoms with E-state index in [0.29, 0.717) is 12.0 Å². The summed E-state index contributed by atoms with van der Waals surface area (Å²) < 4.78 is 5.92. The van der Waals surface area contributed by atoms with Crippen molar-refractivity contribution in [2.24, 2.45) is 5.73 Å². The Morgan fingerprint density at radius 3 is 2.55 bits per heavy atom. The minimum atomic E-state index is -0.873. The van der Waals surface area contributed by atoms with Gasteiger partial charge in [0.15, 0.2) is 0 Å². The summed E-state index contributed by atoms with van der Waals surface area (Å²) >= 11 is 0. The quantitative estimate of drug-likeness (QED) is 0.270. The van der Waals surface area contributed by atoms with E-state index in [1.807, 2.05) is 42.5 Å². The summed E-state index contributed by atoms with van der Waals surface area (Å²) in [6, 6.07) is 14.7. The van der Waals surface area contributed by atoms with Gasteiger partial charge in [0.05, 0.1) is 5.92 Å². The van der Waals surface area contributed by atoms with Gasteiger partial charge >= 0.3 is 5.97 Å². The van der Waals surface area contributed by atoms with Crippen LogP contribution in [-0.2, 0) is 11.2 Å². The van der Waals surface area contributed by atoms with Crippen molar-refractivity contribution in [3.8, 4) is 5.75 Å². The lowest BCUT2D eigenvalue weighted by atomic mass is 9.94. The third-order valence-corrected chi connectivity index (χ3v) is 5.31. The summed E-state index contributed by atoms with van der Waals surface area (Å²) in [5.41, 5.74) is 8.65. The van der Waals surface area contributed by atoms with E-state index in [1.54, 1.807) is 6.07 Å². The number of H-pyrrole nitrogens is 1. The molecule has 1 aromatic heterocycles. The topological polar surface area (TPSA) is 124 Å². The number of carboxylic acids is 1. The maximum Gasteiger partial charge on any atom is 0.311 e. The number of carboxylic acid groups (broad SMARTS) is 1. The van der Waals surface area contributed by atoms with Crippen molar-refractivity contribution >= 4 is 47.5 Å². The van der Waals surface area contributed by atoms with Crippen molar-refractivity contribution in [3.05, 3.63) is 65.4 Å². The second-order valence-electron chi connectivity index (χ2n) is 7.41. The summed E-state index contributed by atoms with van der Waals surface area (Å²) in [6.07, 6.45) is 1.49. The number of amidine groups is 1. The van der Waals surface area contributed by atoms with Gasteiger partial charge in [0.2, 0.25) is 0 Å². The number of hydrogen-bond donors (Lipinski definition) is 5. The maximum absolute atomic E-state index is 11.9. The molecule has 3 aromatic rings. The fourth-order valence-electron chi connectivity index (χ4n) is 3.74. The molecule has 7 nitrogen and oxygen atoms in total. The summed E-state index contributed by atoms with van der Waals surface area (Å²) in [5.74, 6) is -0.776. The fraction of sp³-hybridized carbons (Fsp3) is 0.273. The molecule has 0 spiro atoms. The first-order valence-corrected chi connectivity index (χ1v) is 9.66. The number of hydrogen-bond acceptors (Lipinski definition) is 4. The van der Waals surface area contributed by atoms with Crippen LogP contribution in [0.5, 0.6) is 5.75 Å². The molecule has 2 heterocycles. The zero-order valence-corrected chi connectivity index (χ0v) is 18.4. The first kappa shape index (κ1) is 24.5. The smallest absolute Gasteiger partial charge is 0.311 e. The van der Waals surface area contributed by atoms with Crippen molar-refractivity contribution in [1.29, 1.82) is 5.41 Å². The maximum atomic E-state index is 11.9. The molecule has 1 unspecified atom stereocenters. The summed E-state index contributed by atoms with van der Waals surface area (Å²) in [4.78, 5) is 15.2. The molecule has 2 aromatic carbocycles.